The average Bonchev–Trinajstić information content (AvgIpc) is 2.74. The van der Waals surface area contributed by atoms with Gasteiger partial charge in [-0.05, 0) is 36.4 Å². The number of anilines is 2. The van der Waals surface area contributed by atoms with Crippen LogP contribution < -0.4 is 10.6 Å². The van der Waals surface area contributed by atoms with Crippen molar-refractivity contribution in [2.45, 2.75) is 11.8 Å². The predicted molar refractivity (Wildman–Crippen MR) is 111 cm³/mol. The molecule has 11 heteroatoms. The smallest absolute Gasteiger partial charge is 0.243 e. The van der Waals surface area contributed by atoms with Gasteiger partial charge in [0.05, 0.1) is 17.1 Å². The second-order valence-corrected chi connectivity index (χ2v) is 8.91. The van der Waals surface area contributed by atoms with Crippen molar-refractivity contribution in [3.05, 3.63) is 54.1 Å². The maximum atomic E-state index is 13.7. The molecule has 2 N–H and O–H groups in total. The van der Waals surface area contributed by atoms with Gasteiger partial charge in [-0.15, -0.1) is 0 Å². The predicted octanol–water partition coefficient (Wildman–Crippen LogP) is 1.87. The molecule has 31 heavy (non-hydrogen) atoms. The first kappa shape index (κ1) is 22.6. The van der Waals surface area contributed by atoms with Gasteiger partial charge < -0.3 is 15.5 Å². The number of benzene rings is 2. The number of nitrogens with zero attached hydrogens (tertiary/aromatic N) is 2. The SMILES string of the molecule is CC(=O)Nc1cc(NCC(=O)N2CCN(S(=O)(=O)c3cccc(F)c3)CC2)ccc1F. The van der Waals surface area contributed by atoms with Crippen molar-refractivity contribution in [2.75, 3.05) is 43.4 Å². The molecular weight excluding hydrogens is 430 g/mol. The molecular formula is C20H22F2N4O4S. The first-order valence-electron chi connectivity index (χ1n) is 9.51. The van der Waals surface area contributed by atoms with Crippen LogP contribution in [0.4, 0.5) is 20.2 Å². The Morgan fingerprint density at radius 2 is 1.74 bits per heavy atom. The molecule has 2 amide bonds. The molecule has 0 bridgehead atoms. The molecule has 0 atom stereocenters. The molecule has 1 heterocycles. The van der Waals surface area contributed by atoms with Crippen LogP contribution in [-0.4, -0.2) is 62.2 Å². The standard InChI is InChI=1S/C20H22F2N4O4S/c1-14(27)24-19-12-16(5-6-18(19)22)23-13-20(28)25-7-9-26(10-8-25)31(29,30)17-4-2-3-15(21)11-17/h2-6,11-12,23H,7-10,13H2,1H3,(H,24,27). The minimum atomic E-state index is -3.84. The monoisotopic (exact) mass is 452 g/mol. The summed E-state index contributed by atoms with van der Waals surface area (Å²) in [5, 5.41) is 5.24. The van der Waals surface area contributed by atoms with E-state index in [1.54, 1.807) is 0 Å². The number of sulfonamides is 1. The first-order chi connectivity index (χ1) is 14.7. The third-order valence-corrected chi connectivity index (χ3v) is 6.64. The van der Waals surface area contributed by atoms with Gasteiger partial charge in [0.25, 0.3) is 0 Å². The molecule has 166 valence electrons. The molecule has 0 spiro atoms. The Hall–Kier alpha value is -3.05. The second-order valence-electron chi connectivity index (χ2n) is 6.97. The minimum Gasteiger partial charge on any atom is -0.376 e. The molecule has 1 aliphatic rings. The lowest BCUT2D eigenvalue weighted by atomic mass is 10.2. The van der Waals surface area contributed by atoms with E-state index < -0.39 is 27.6 Å². The molecule has 1 aliphatic heterocycles. The highest BCUT2D eigenvalue weighted by Gasteiger charge is 2.30. The zero-order valence-corrected chi connectivity index (χ0v) is 17.6. The van der Waals surface area contributed by atoms with Gasteiger partial charge in [0, 0.05) is 38.8 Å². The van der Waals surface area contributed by atoms with Crippen molar-refractivity contribution in [1.82, 2.24) is 9.21 Å². The number of carbonyl (C=O) groups is 2. The van der Waals surface area contributed by atoms with Gasteiger partial charge in [-0.2, -0.15) is 4.31 Å². The first-order valence-corrected chi connectivity index (χ1v) is 11.0. The summed E-state index contributed by atoms with van der Waals surface area (Å²) in [5.74, 6) is -1.91. The van der Waals surface area contributed by atoms with Crippen LogP contribution in [0.2, 0.25) is 0 Å². The fraction of sp³-hybridized carbons (Fsp3) is 0.300. The molecule has 2 aromatic carbocycles. The van der Waals surface area contributed by atoms with Crippen LogP contribution in [0, 0.1) is 11.6 Å². The molecule has 0 saturated carbocycles. The van der Waals surface area contributed by atoms with Gasteiger partial charge in [0.15, 0.2) is 0 Å². The van der Waals surface area contributed by atoms with Crippen LogP contribution in [-0.2, 0) is 19.6 Å². The van der Waals surface area contributed by atoms with Crippen LogP contribution in [0.25, 0.3) is 0 Å². The van der Waals surface area contributed by atoms with E-state index in [-0.39, 0.29) is 49.2 Å². The van der Waals surface area contributed by atoms with Crippen molar-refractivity contribution in [3.8, 4) is 0 Å². The van der Waals surface area contributed by atoms with Gasteiger partial charge >= 0.3 is 0 Å². The lowest BCUT2D eigenvalue weighted by molar-refractivity contribution is -0.130. The van der Waals surface area contributed by atoms with E-state index in [9.17, 15) is 26.8 Å². The van der Waals surface area contributed by atoms with Crippen molar-refractivity contribution < 1.29 is 26.8 Å². The zero-order valence-electron chi connectivity index (χ0n) is 16.8. The number of hydrogen-bond acceptors (Lipinski definition) is 5. The summed E-state index contributed by atoms with van der Waals surface area (Å²) in [5.41, 5.74) is 0.451. The molecule has 0 unspecified atom stereocenters. The lowest BCUT2D eigenvalue weighted by Gasteiger charge is -2.34. The second kappa shape index (κ2) is 9.40. The Labute approximate surface area is 178 Å². The average molecular weight is 452 g/mol. The summed E-state index contributed by atoms with van der Waals surface area (Å²) in [6.45, 7) is 1.74. The summed E-state index contributed by atoms with van der Waals surface area (Å²) in [6, 6.07) is 8.80. The Morgan fingerprint density at radius 3 is 2.39 bits per heavy atom. The third-order valence-electron chi connectivity index (χ3n) is 4.75. The topological polar surface area (TPSA) is 98.8 Å². The number of rotatable bonds is 6. The van der Waals surface area contributed by atoms with E-state index in [2.05, 4.69) is 10.6 Å². The summed E-state index contributed by atoms with van der Waals surface area (Å²) in [6.07, 6.45) is 0. The van der Waals surface area contributed by atoms with E-state index in [0.29, 0.717) is 5.69 Å². The van der Waals surface area contributed by atoms with E-state index in [4.69, 9.17) is 0 Å². The molecule has 1 fully saturated rings. The fourth-order valence-electron chi connectivity index (χ4n) is 3.16. The van der Waals surface area contributed by atoms with Crippen molar-refractivity contribution in [1.29, 1.82) is 0 Å². The Kier molecular flexibility index (Phi) is 6.86. The third kappa shape index (κ3) is 5.56. The molecule has 0 aromatic heterocycles. The van der Waals surface area contributed by atoms with Gasteiger partial charge in [-0.25, -0.2) is 17.2 Å². The van der Waals surface area contributed by atoms with E-state index in [0.717, 1.165) is 6.07 Å². The Balaban J connectivity index is 1.55. The highest BCUT2D eigenvalue weighted by atomic mass is 32.2. The van der Waals surface area contributed by atoms with Gasteiger partial charge in [0.2, 0.25) is 21.8 Å². The van der Waals surface area contributed by atoms with Crippen molar-refractivity contribution in [3.63, 3.8) is 0 Å². The maximum Gasteiger partial charge on any atom is 0.243 e. The van der Waals surface area contributed by atoms with E-state index in [1.165, 1.54) is 52.5 Å². The quantitative estimate of drug-likeness (QED) is 0.697. The number of carbonyl (C=O) groups excluding carboxylic acids is 2. The summed E-state index contributed by atoms with van der Waals surface area (Å²) in [7, 11) is -3.84. The highest BCUT2D eigenvalue weighted by molar-refractivity contribution is 7.89. The maximum absolute atomic E-state index is 13.7. The van der Waals surface area contributed by atoms with Gasteiger partial charge in [-0.1, -0.05) is 6.07 Å². The number of hydrogen-bond donors (Lipinski definition) is 2. The van der Waals surface area contributed by atoms with Crippen LogP contribution in [0.3, 0.4) is 0 Å². The molecule has 0 aliphatic carbocycles. The fourth-order valence-corrected chi connectivity index (χ4v) is 4.62. The number of halogens is 2. The van der Waals surface area contributed by atoms with Gasteiger partial charge in [-0.3, -0.25) is 9.59 Å². The Bertz CT molecular complexity index is 1090. The van der Waals surface area contributed by atoms with Crippen LogP contribution >= 0.6 is 0 Å². The molecule has 0 radical (unpaired) electrons. The Morgan fingerprint density at radius 1 is 1.03 bits per heavy atom. The van der Waals surface area contributed by atoms with Crippen LogP contribution in [0.15, 0.2) is 47.4 Å². The number of nitrogens with one attached hydrogen (secondary N) is 2. The summed E-state index contributed by atoms with van der Waals surface area (Å²) < 4.78 is 53.6. The van der Waals surface area contributed by atoms with Crippen molar-refractivity contribution >= 4 is 33.2 Å². The van der Waals surface area contributed by atoms with Crippen LogP contribution in [0.5, 0.6) is 0 Å². The minimum absolute atomic E-state index is 0.00104. The highest BCUT2D eigenvalue weighted by Crippen LogP contribution is 2.20. The molecule has 2 aromatic rings. The van der Waals surface area contributed by atoms with Crippen molar-refractivity contribution in [2.24, 2.45) is 0 Å². The molecule has 8 nitrogen and oxygen atoms in total. The molecule has 3 rings (SSSR count). The number of piperazine rings is 1. The zero-order chi connectivity index (χ0) is 22.6. The number of amides is 2. The van der Waals surface area contributed by atoms with E-state index >= 15 is 0 Å². The lowest BCUT2D eigenvalue weighted by Crippen LogP contribution is -2.51. The summed E-state index contributed by atoms with van der Waals surface area (Å²) >= 11 is 0. The largest absolute Gasteiger partial charge is 0.376 e. The van der Waals surface area contributed by atoms with Crippen LogP contribution in [0.1, 0.15) is 6.92 Å². The summed E-state index contributed by atoms with van der Waals surface area (Å²) in [4.78, 5) is 25.0. The molecule has 1 saturated heterocycles. The van der Waals surface area contributed by atoms with E-state index in [1.807, 2.05) is 0 Å². The normalized spacial score (nSPS) is 14.9. The van der Waals surface area contributed by atoms with Gasteiger partial charge in [0.1, 0.15) is 11.6 Å².